The minimum absolute atomic E-state index is 0.0337. The molecular weight excluding hydrogens is 286 g/mol. The van der Waals surface area contributed by atoms with Crippen LogP contribution in [-0.4, -0.2) is 24.9 Å². The van der Waals surface area contributed by atoms with E-state index in [0.717, 1.165) is 38.0 Å². The molecule has 0 aromatic heterocycles. The van der Waals surface area contributed by atoms with E-state index in [1.54, 1.807) is 12.1 Å². The summed E-state index contributed by atoms with van der Waals surface area (Å²) in [6.45, 7) is 5.66. The van der Waals surface area contributed by atoms with E-state index in [9.17, 15) is 4.79 Å². The molecule has 4 heteroatoms. The largest absolute Gasteiger partial charge is 0.494 e. The quantitative estimate of drug-likeness (QED) is 0.518. The highest BCUT2D eigenvalue weighted by atomic mass is 35.5. The standard InChI is InChI=1S/C17H26ClNO2/c1-3-4-12-21-16-9-7-15(8-10-16)17(20)19-11-5-6-14(2)13-18/h7-10,14H,3-6,11-13H2,1-2H3,(H,19,20). The van der Waals surface area contributed by atoms with E-state index in [1.807, 2.05) is 12.1 Å². The molecule has 118 valence electrons. The van der Waals surface area contributed by atoms with Gasteiger partial charge in [0.1, 0.15) is 5.75 Å². The SMILES string of the molecule is CCCCOc1ccc(C(=O)NCCCC(C)CCl)cc1. The lowest BCUT2D eigenvalue weighted by Crippen LogP contribution is -2.24. The van der Waals surface area contributed by atoms with E-state index >= 15 is 0 Å². The Kier molecular flexibility index (Phi) is 8.91. The monoisotopic (exact) mass is 311 g/mol. The fourth-order valence-electron chi connectivity index (χ4n) is 1.87. The van der Waals surface area contributed by atoms with Crippen molar-refractivity contribution in [3.63, 3.8) is 0 Å². The first kappa shape index (κ1) is 17.8. The molecule has 1 atom stereocenters. The molecule has 21 heavy (non-hydrogen) atoms. The van der Waals surface area contributed by atoms with Crippen molar-refractivity contribution in [3.05, 3.63) is 29.8 Å². The molecule has 0 bridgehead atoms. The Balaban J connectivity index is 2.30. The number of hydrogen-bond acceptors (Lipinski definition) is 2. The summed E-state index contributed by atoms with van der Waals surface area (Å²) < 4.78 is 5.57. The maximum Gasteiger partial charge on any atom is 0.251 e. The number of hydrogen-bond donors (Lipinski definition) is 1. The summed E-state index contributed by atoms with van der Waals surface area (Å²) in [5, 5.41) is 2.93. The number of halogens is 1. The minimum Gasteiger partial charge on any atom is -0.494 e. The first-order valence-electron chi connectivity index (χ1n) is 7.74. The number of carbonyl (C=O) groups is 1. The van der Waals surface area contributed by atoms with E-state index in [-0.39, 0.29) is 5.91 Å². The Labute approximate surface area is 133 Å². The molecule has 0 heterocycles. The molecule has 1 amide bonds. The van der Waals surface area contributed by atoms with Gasteiger partial charge in [-0.1, -0.05) is 20.3 Å². The zero-order valence-electron chi connectivity index (χ0n) is 13.0. The van der Waals surface area contributed by atoms with Crippen LogP contribution in [0.1, 0.15) is 49.9 Å². The van der Waals surface area contributed by atoms with Gasteiger partial charge in [-0.25, -0.2) is 0 Å². The van der Waals surface area contributed by atoms with Crippen LogP contribution >= 0.6 is 11.6 Å². The number of ether oxygens (including phenoxy) is 1. The van der Waals surface area contributed by atoms with Crippen LogP contribution in [0.5, 0.6) is 5.75 Å². The zero-order chi connectivity index (χ0) is 15.5. The molecule has 0 fully saturated rings. The third-order valence-electron chi connectivity index (χ3n) is 3.31. The molecule has 3 nitrogen and oxygen atoms in total. The van der Waals surface area contributed by atoms with Gasteiger partial charge in [0.2, 0.25) is 0 Å². The van der Waals surface area contributed by atoms with Gasteiger partial charge in [-0.2, -0.15) is 0 Å². The van der Waals surface area contributed by atoms with Crippen molar-refractivity contribution in [2.75, 3.05) is 19.0 Å². The van der Waals surface area contributed by atoms with Crippen LogP contribution in [0, 0.1) is 5.92 Å². The highest BCUT2D eigenvalue weighted by molar-refractivity contribution is 6.18. The number of alkyl halides is 1. The van der Waals surface area contributed by atoms with Crippen LogP contribution in [0.4, 0.5) is 0 Å². The lowest BCUT2D eigenvalue weighted by molar-refractivity contribution is 0.0952. The average molecular weight is 312 g/mol. The predicted octanol–water partition coefficient (Wildman–Crippen LogP) is 4.25. The number of rotatable bonds is 10. The first-order chi connectivity index (χ1) is 10.2. The fraction of sp³-hybridized carbons (Fsp3) is 0.588. The molecule has 0 saturated carbocycles. The van der Waals surface area contributed by atoms with Crippen molar-refractivity contribution >= 4 is 17.5 Å². The van der Waals surface area contributed by atoms with Gasteiger partial charge in [-0.15, -0.1) is 11.6 Å². The second-order valence-electron chi connectivity index (χ2n) is 5.38. The molecule has 1 N–H and O–H groups in total. The summed E-state index contributed by atoms with van der Waals surface area (Å²) in [5.41, 5.74) is 0.670. The van der Waals surface area contributed by atoms with Crippen LogP contribution in [0.2, 0.25) is 0 Å². The van der Waals surface area contributed by atoms with Gasteiger partial charge < -0.3 is 10.1 Å². The Bertz CT molecular complexity index is 406. The second kappa shape index (κ2) is 10.5. The maximum absolute atomic E-state index is 12.0. The molecule has 0 aliphatic carbocycles. The maximum atomic E-state index is 12.0. The molecule has 1 rings (SSSR count). The van der Waals surface area contributed by atoms with Crippen molar-refractivity contribution in [2.45, 2.75) is 39.5 Å². The molecule has 0 aliphatic heterocycles. The molecule has 0 spiro atoms. The van der Waals surface area contributed by atoms with Gasteiger partial charge in [0.25, 0.3) is 5.91 Å². The number of unbranched alkanes of at least 4 members (excludes halogenated alkanes) is 1. The summed E-state index contributed by atoms with van der Waals surface area (Å²) >= 11 is 5.75. The summed E-state index contributed by atoms with van der Waals surface area (Å²) in [6, 6.07) is 7.30. The van der Waals surface area contributed by atoms with Crippen LogP contribution in [0.25, 0.3) is 0 Å². The van der Waals surface area contributed by atoms with Crippen molar-refractivity contribution in [2.24, 2.45) is 5.92 Å². The Morgan fingerprint density at radius 2 is 2.00 bits per heavy atom. The van der Waals surface area contributed by atoms with Gasteiger partial charge in [-0.3, -0.25) is 4.79 Å². The highest BCUT2D eigenvalue weighted by Crippen LogP contribution is 2.13. The molecule has 1 unspecified atom stereocenters. The molecule has 0 aliphatic rings. The van der Waals surface area contributed by atoms with Crippen LogP contribution in [0.15, 0.2) is 24.3 Å². The minimum atomic E-state index is -0.0337. The van der Waals surface area contributed by atoms with Crippen molar-refractivity contribution in [1.29, 1.82) is 0 Å². The summed E-state index contributed by atoms with van der Waals surface area (Å²) in [6.07, 6.45) is 4.15. The van der Waals surface area contributed by atoms with Crippen LogP contribution in [0.3, 0.4) is 0 Å². The van der Waals surface area contributed by atoms with Crippen molar-refractivity contribution in [1.82, 2.24) is 5.32 Å². The Morgan fingerprint density at radius 3 is 2.62 bits per heavy atom. The summed E-state index contributed by atoms with van der Waals surface area (Å²) in [4.78, 5) is 12.0. The van der Waals surface area contributed by atoms with E-state index in [0.29, 0.717) is 23.9 Å². The first-order valence-corrected chi connectivity index (χ1v) is 8.27. The third-order valence-corrected chi connectivity index (χ3v) is 3.83. The summed E-state index contributed by atoms with van der Waals surface area (Å²) in [5.74, 6) is 1.96. The molecule has 0 radical (unpaired) electrons. The lowest BCUT2D eigenvalue weighted by atomic mass is 10.1. The van der Waals surface area contributed by atoms with Crippen molar-refractivity contribution < 1.29 is 9.53 Å². The fourth-order valence-corrected chi connectivity index (χ4v) is 2.02. The van der Waals surface area contributed by atoms with E-state index < -0.39 is 0 Å². The van der Waals surface area contributed by atoms with Gasteiger partial charge in [0.15, 0.2) is 0 Å². The number of carbonyl (C=O) groups excluding carboxylic acids is 1. The van der Waals surface area contributed by atoms with Crippen LogP contribution < -0.4 is 10.1 Å². The summed E-state index contributed by atoms with van der Waals surface area (Å²) in [7, 11) is 0. The van der Waals surface area contributed by atoms with Gasteiger partial charge >= 0.3 is 0 Å². The third kappa shape index (κ3) is 7.37. The molecule has 1 aromatic carbocycles. The van der Waals surface area contributed by atoms with E-state index in [1.165, 1.54) is 0 Å². The molecular formula is C17H26ClNO2. The highest BCUT2D eigenvalue weighted by Gasteiger charge is 2.06. The number of benzene rings is 1. The Morgan fingerprint density at radius 1 is 1.29 bits per heavy atom. The number of nitrogens with one attached hydrogen (secondary N) is 1. The lowest BCUT2D eigenvalue weighted by Gasteiger charge is -2.09. The van der Waals surface area contributed by atoms with Gasteiger partial charge in [0.05, 0.1) is 6.61 Å². The van der Waals surface area contributed by atoms with Crippen LogP contribution in [-0.2, 0) is 0 Å². The van der Waals surface area contributed by atoms with Gasteiger partial charge in [0, 0.05) is 18.0 Å². The topological polar surface area (TPSA) is 38.3 Å². The Hall–Kier alpha value is -1.22. The molecule has 1 aromatic rings. The van der Waals surface area contributed by atoms with Gasteiger partial charge in [-0.05, 0) is 49.4 Å². The molecule has 0 saturated heterocycles. The van der Waals surface area contributed by atoms with Crippen molar-refractivity contribution in [3.8, 4) is 5.75 Å². The normalized spacial score (nSPS) is 12.0. The second-order valence-corrected chi connectivity index (χ2v) is 5.69. The zero-order valence-corrected chi connectivity index (χ0v) is 13.8. The number of amides is 1. The average Bonchev–Trinajstić information content (AvgIpc) is 2.52. The van der Waals surface area contributed by atoms with E-state index in [2.05, 4.69) is 19.2 Å². The predicted molar refractivity (Wildman–Crippen MR) is 88.3 cm³/mol. The van der Waals surface area contributed by atoms with E-state index in [4.69, 9.17) is 16.3 Å². The smallest absolute Gasteiger partial charge is 0.251 e.